The summed E-state index contributed by atoms with van der Waals surface area (Å²) in [6.07, 6.45) is 6.49. The second-order valence-corrected chi connectivity index (χ2v) is 7.40. The molecule has 128 valence electrons. The molecular weight excluding hydrogens is 320 g/mol. The van der Waals surface area contributed by atoms with Crippen LogP contribution in [0.1, 0.15) is 53.7 Å². The summed E-state index contributed by atoms with van der Waals surface area (Å²) in [6.45, 7) is 5.01. The van der Waals surface area contributed by atoms with Crippen LogP contribution in [0.2, 0.25) is 5.02 Å². The molecule has 1 amide bonds. The number of aryl methyl sites for hydroxylation is 1. The van der Waals surface area contributed by atoms with E-state index in [9.17, 15) is 4.79 Å². The quantitative estimate of drug-likeness (QED) is 0.823. The smallest absolute Gasteiger partial charge is 0.250 e. The van der Waals surface area contributed by atoms with Gasteiger partial charge in [0.25, 0.3) is 5.91 Å². The molecule has 24 heavy (non-hydrogen) atoms. The predicted octanol–water partition coefficient (Wildman–Crippen LogP) is 5.10. The van der Waals surface area contributed by atoms with Crippen LogP contribution < -0.4 is 5.73 Å². The first kappa shape index (κ1) is 17.1. The number of nitrogens with two attached hydrogens (primary N) is 1. The van der Waals surface area contributed by atoms with Crippen molar-refractivity contribution < 1.29 is 4.79 Å². The van der Waals surface area contributed by atoms with Gasteiger partial charge in [-0.05, 0) is 56.4 Å². The number of carbonyl (C=O) groups is 1. The summed E-state index contributed by atoms with van der Waals surface area (Å²) in [5.41, 5.74) is 10.5. The molecule has 0 saturated heterocycles. The lowest BCUT2D eigenvalue weighted by molar-refractivity contribution is 0.0999. The van der Waals surface area contributed by atoms with Crippen LogP contribution in [0, 0.1) is 19.8 Å². The van der Waals surface area contributed by atoms with Gasteiger partial charge in [-0.25, -0.2) is 0 Å². The summed E-state index contributed by atoms with van der Waals surface area (Å²) in [5, 5.41) is 0.730. The number of carbonyl (C=O) groups excluding carboxylic acids is 1. The average Bonchev–Trinajstić information content (AvgIpc) is 2.86. The van der Waals surface area contributed by atoms with Crippen molar-refractivity contribution in [2.45, 2.75) is 52.5 Å². The highest BCUT2D eigenvalue weighted by Gasteiger charge is 2.21. The summed E-state index contributed by atoms with van der Waals surface area (Å²) in [4.78, 5) is 11.8. The standard InChI is InChI=1S/C20H25ClN2O/c1-13-10-16(21)8-9-17(13)19-11-18(20(22)24)14(2)23(19)12-15-6-4-3-5-7-15/h8-11,15H,3-7,12H2,1-2H3,(H2,22,24). The second-order valence-electron chi connectivity index (χ2n) is 6.97. The third-order valence-electron chi connectivity index (χ3n) is 5.26. The van der Waals surface area contributed by atoms with Crippen molar-refractivity contribution in [3.8, 4) is 11.3 Å². The van der Waals surface area contributed by atoms with Gasteiger partial charge in [0.15, 0.2) is 0 Å². The van der Waals surface area contributed by atoms with Gasteiger partial charge in [0.05, 0.1) is 5.56 Å². The van der Waals surface area contributed by atoms with Gasteiger partial charge < -0.3 is 10.3 Å². The van der Waals surface area contributed by atoms with E-state index in [2.05, 4.69) is 11.5 Å². The molecule has 0 radical (unpaired) electrons. The van der Waals surface area contributed by atoms with E-state index in [0.29, 0.717) is 11.5 Å². The van der Waals surface area contributed by atoms with E-state index in [4.69, 9.17) is 17.3 Å². The highest BCUT2D eigenvalue weighted by Crippen LogP contribution is 2.33. The van der Waals surface area contributed by atoms with Crippen LogP contribution >= 0.6 is 11.6 Å². The SMILES string of the molecule is Cc1cc(Cl)ccc1-c1cc(C(N)=O)c(C)n1CC1CCCCC1. The molecule has 0 bridgehead atoms. The number of benzene rings is 1. The zero-order chi connectivity index (χ0) is 17.3. The zero-order valence-electron chi connectivity index (χ0n) is 14.4. The van der Waals surface area contributed by atoms with Gasteiger partial charge >= 0.3 is 0 Å². The summed E-state index contributed by atoms with van der Waals surface area (Å²) in [6, 6.07) is 7.85. The number of hydrogen-bond donors (Lipinski definition) is 1. The molecule has 2 N–H and O–H groups in total. The molecule has 4 heteroatoms. The second kappa shape index (κ2) is 7.02. The predicted molar refractivity (Wildman–Crippen MR) is 99.4 cm³/mol. The summed E-state index contributed by atoms with van der Waals surface area (Å²) in [5.74, 6) is 0.319. The van der Waals surface area contributed by atoms with Crippen molar-refractivity contribution >= 4 is 17.5 Å². The van der Waals surface area contributed by atoms with Crippen LogP contribution in [0.25, 0.3) is 11.3 Å². The van der Waals surface area contributed by atoms with E-state index in [0.717, 1.165) is 34.1 Å². The number of rotatable bonds is 4. The molecule has 0 atom stereocenters. The minimum atomic E-state index is -0.359. The largest absolute Gasteiger partial charge is 0.366 e. The van der Waals surface area contributed by atoms with E-state index in [1.165, 1.54) is 32.1 Å². The fraction of sp³-hybridized carbons (Fsp3) is 0.450. The maximum absolute atomic E-state index is 11.8. The summed E-state index contributed by atoms with van der Waals surface area (Å²) >= 11 is 6.11. The van der Waals surface area contributed by atoms with E-state index in [1.807, 2.05) is 31.2 Å². The highest BCUT2D eigenvalue weighted by atomic mass is 35.5. The Bertz CT molecular complexity index is 757. The normalized spacial score (nSPS) is 15.6. The Kier molecular flexibility index (Phi) is 5.00. The third kappa shape index (κ3) is 3.36. The monoisotopic (exact) mass is 344 g/mol. The van der Waals surface area contributed by atoms with E-state index in [-0.39, 0.29) is 5.91 Å². The molecule has 1 heterocycles. The van der Waals surface area contributed by atoms with Crippen molar-refractivity contribution in [1.82, 2.24) is 4.57 Å². The van der Waals surface area contributed by atoms with E-state index in [1.54, 1.807) is 0 Å². The molecule has 1 aliphatic rings. The molecule has 1 aromatic heterocycles. The highest BCUT2D eigenvalue weighted by molar-refractivity contribution is 6.30. The molecule has 3 nitrogen and oxygen atoms in total. The van der Waals surface area contributed by atoms with Crippen molar-refractivity contribution in [2.75, 3.05) is 0 Å². The van der Waals surface area contributed by atoms with Crippen molar-refractivity contribution in [3.05, 3.63) is 46.1 Å². The number of hydrogen-bond acceptors (Lipinski definition) is 1. The molecule has 1 aliphatic carbocycles. The molecule has 0 unspecified atom stereocenters. The molecule has 0 aliphatic heterocycles. The maximum Gasteiger partial charge on any atom is 0.250 e. The number of nitrogens with zero attached hydrogens (tertiary/aromatic N) is 1. The first-order valence-electron chi connectivity index (χ1n) is 8.74. The van der Waals surface area contributed by atoms with Gasteiger partial charge in [0.1, 0.15) is 0 Å². The van der Waals surface area contributed by atoms with E-state index >= 15 is 0 Å². The van der Waals surface area contributed by atoms with Crippen molar-refractivity contribution in [3.63, 3.8) is 0 Å². The Balaban J connectivity index is 2.06. The summed E-state index contributed by atoms with van der Waals surface area (Å²) < 4.78 is 2.28. The first-order chi connectivity index (χ1) is 11.5. The number of halogens is 1. The lowest BCUT2D eigenvalue weighted by Crippen LogP contribution is -2.17. The molecule has 2 aromatic rings. The molecule has 1 fully saturated rings. The van der Waals surface area contributed by atoms with E-state index < -0.39 is 0 Å². The van der Waals surface area contributed by atoms with Crippen molar-refractivity contribution in [2.24, 2.45) is 11.7 Å². The molecular formula is C20H25ClN2O. The third-order valence-corrected chi connectivity index (χ3v) is 5.50. The Morgan fingerprint density at radius 1 is 1.21 bits per heavy atom. The van der Waals surface area contributed by atoms with Crippen LogP contribution in [0.4, 0.5) is 0 Å². The van der Waals surface area contributed by atoms with Crippen LogP contribution in [0.5, 0.6) is 0 Å². The van der Waals surface area contributed by atoms with Crippen LogP contribution in [0.3, 0.4) is 0 Å². The van der Waals surface area contributed by atoms with Crippen LogP contribution in [-0.2, 0) is 6.54 Å². The van der Waals surface area contributed by atoms with Gasteiger partial charge in [0.2, 0.25) is 0 Å². The van der Waals surface area contributed by atoms with Gasteiger partial charge in [0, 0.05) is 28.5 Å². The number of aromatic nitrogens is 1. The minimum Gasteiger partial charge on any atom is -0.366 e. The van der Waals surface area contributed by atoms with Gasteiger partial charge in [-0.3, -0.25) is 4.79 Å². The maximum atomic E-state index is 11.8. The van der Waals surface area contributed by atoms with Crippen molar-refractivity contribution in [1.29, 1.82) is 0 Å². The Labute approximate surface area is 148 Å². The van der Waals surface area contributed by atoms with Crippen LogP contribution in [-0.4, -0.2) is 10.5 Å². The van der Waals surface area contributed by atoms with Gasteiger partial charge in [-0.15, -0.1) is 0 Å². The minimum absolute atomic E-state index is 0.359. The topological polar surface area (TPSA) is 48.0 Å². The summed E-state index contributed by atoms with van der Waals surface area (Å²) in [7, 11) is 0. The molecule has 1 aromatic carbocycles. The molecule has 1 saturated carbocycles. The number of primary amides is 1. The van der Waals surface area contributed by atoms with Gasteiger partial charge in [-0.1, -0.05) is 36.9 Å². The van der Waals surface area contributed by atoms with Gasteiger partial charge in [-0.2, -0.15) is 0 Å². The fourth-order valence-corrected chi connectivity index (χ4v) is 4.12. The fourth-order valence-electron chi connectivity index (χ4n) is 3.90. The lowest BCUT2D eigenvalue weighted by Gasteiger charge is -2.24. The lowest BCUT2D eigenvalue weighted by atomic mass is 9.89. The first-order valence-corrected chi connectivity index (χ1v) is 9.11. The average molecular weight is 345 g/mol. The van der Waals surface area contributed by atoms with Crippen LogP contribution in [0.15, 0.2) is 24.3 Å². The Morgan fingerprint density at radius 2 is 1.92 bits per heavy atom. The Hall–Kier alpha value is -1.74. The number of amides is 1. The molecule has 0 spiro atoms. The molecule has 3 rings (SSSR count). The zero-order valence-corrected chi connectivity index (χ0v) is 15.2. The Morgan fingerprint density at radius 3 is 2.54 bits per heavy atom.